The molecule has 0 radical (unpaired) electrons. The molecule has 1 aromatic carbocycles. The summed E-state index contributed by atoms with van der Waals surface area (Å²) in [5.74, 6) is 0.738. The maximum absolute atomic E-state index is 12.9. The fourth-order valence-electron chi connectivity index (χ4n) is 5.94. The number of ketones is 1. The van der Waals surface area contributed by atoms with Crippen molar-refractivity contribution in [3.63, 3.8) is 0 Å². The van der Waals surface area contributed by atoms with E-state index >= 15 is 0 Å². The molecule has 6 heteroatoms. The van der Waals surface area contributed by atoms with Crippen LogP contribution in [0.2, 0.25) is 0 Å². The Labute approximate surface area is 178 Å². The van der Waals surface area contributed by atoms with Crippen LogP contribution < -0.4 is 4.74 Å². The standard InChI is InChI=1S/C24H33NO5/c1-14-7-9-17(26)20-19(14)24-11-12-25(6,13-29-22(28)23(3,4)5)15(2)16(24)8-10-18(27)21(24)30-20/h7,9,15-16,21H,8,10-13H2,1-6H3/p+1/t15?,16-,21-,24-,25-/m0/s1. The number of rotatable bonds is 2. The fraction of sp³-hybridized carbons (Fsp3) is 0.667. The molecule has 164 valence electrons. The van der Waals surface area contributed by atoms with Gasteiger partial charge in [-0.1, -0.05) is 6.07 Å². The second-order valence-corrected chi connectivity index (χ2v) is 10.8. The summed E-state index contributed by atoms with van der Waals surface area (Å²) in [6.07, 6.45) is 1.50. The third kappa shape index (κ3) is 2.87. The van der Waals surface area contributed by atoms with Gasteiger partial charge < -0.3 is 14.6 Å². The van der Waals surface area contributed by atoms with Gasteiger partial charge in [0.1, 0.15) is 0 Å². The van der Waals surface area contributed by atoms with Crippen molar-refractivity contribution in [2.75, 3.05) is 20.3 Å². The van der Waals surface area contributed by atoms with Crippen LogP contribution in [0.15, 0.2) is 12.1 Å². The summed E-state index contributed by atoms with van der Waals surface area (Å²) < 4.78 is 12.5. The first-order valence-electron chi connectivity index (χ1n) is 11.0. The number of nitrogens with zero attached hydrogens (tertiary/aromatic N) is 1. The van der Waals surface area contributed by atoms with Crippen LogP contribution in [0.4, 0.5) is 0 Å². The molecule has 2 heterocycles. The average molecular weight is 417 g/mol. The number of quaternary nitrogens is 1. The van der Waals surface area contributed by atoms with Gasteiger partial charge in [0.05, 0.1) is 30.5 Å². The van der Waals surface area contributed by atoms with Crippen LogP contribution in [0.5, 0.6) is 11.5 Å². The lowest BCUT2D eigenvalue weighted by Gasteiger charge is -2.56. The summed E-state index contributed by atoms with van der Waals surface area (Å²) in [4.78, 5) is 25.3. The van der Waals surface area contributed by atoms with Gasteiger partial charge in [-0.2, -0.15) is 0 Å². The molecule has 1 aromatic rings. The Morgan fingerprint density at radius 3 is 2.73 bits per heavy atom. The predicted molar refractivity (Wildman–Crippen MR) is 112 cm³/mol. The smallest absolute Gasteiger partial charge is 0.315 e. The Bertz CT molecular complexity index is 904. The number of piperidine rings is 1. The van der Waals surface area contributed by atoms with Crippen molar-refractivity contribution in [3.05, 3.63) is 23.3 Å². The number of hydrogen-bond donors (Lipinski definition) is 1. The molecule has 1 saturated heterocycles. The molecule has 1 aliphatic carbocycles. The highest BCUT2D eigenvalue weighted by atomic mass is 16.5. The first-order chi connectivity index (χ1) is 13.9. The highest BCUT2D eigenvalue weighted by Gasteiger charge is 2.66. The quantitative estimate of drug-likeness (QED) is 0.590. The van der Waals surface area contributed by atoms with Crippen molar-refractivity contribution in [1.29, 1.82) is 0 Å². The van der Waals surface area contributed by atoms with E-state index in [0.29, 0.717) is 23.4 Å². The number of Topliss-reactive ketones (excluding diaryl/α,β-unsaturated/α-hetero) is 1. The number of phenolic OH excluding ortho intramolecular Hbond substituents is 1. The summed E-state index contributed by atoms with van der Waals surface area (Å²) in [6.45, 7) is 10.9. The third-order valence-electron chi connectivity index (χ3n) is 7.87. The van der Waals surface area contributed by atoms with Gasteiger partial charge in [0.2, 0.25) is 6.73 Å². The van der Waals surface area contributed by atoms with Crippen molar-refractivity contribution in [2.24, 2.45) is 11.3 Å². The van der Waals surface area contributed by atoms with Gasteiger partial charge in [-0.15, -0.1) is 0 Å². The first-order valence-corrected chi connectivity index (χ1v) is 11.0. The lowest BCUT2D eigenvalue weighted by molar-refractivity contribution is -0.957. The van der Waals surface area contributed by atoms with Gasteiger partial charge in [0, 0.05) is 24.3 Å². The molecule has 1 N–H and O–H groups in total. The minimum absolute atomic E-state index is 0.112. The number of benzene rings is 1. The van der Waals surface area contributed by atoms with Crippen molar-refractivity contribution in [2.45, 2.75) is 71.4 Å². The molecular weight excluding hydrogens is 382 g/mol. The third-order valence-corrected chi connectivity index (χ3v) is 7.87. The largest absolute Gasteiger partial charge is 0.504 e. The molecule has 4 rings (SSSR count). The Morgan fingerprint density at radius 1 is 1.37 bits per heavy atom. The fourth-order valence-corrected chi connectivity index (χ4v) is 5.94. The zero-order chi connectivity index (χ0) is 22.1. The van der Waals surface area contributed by atoms with Crippen molar-refractivity contribution >= 4 is 11.8 Å². The number of carbonyl (C=O) groups is 2. The van der Waals surface area contributed by atoms with E-state index in [4.69, 9.17) is 9.47 Å². The zero-order valence-electron chi connectivity index (χ0n) is 18.9. The number of aromatic hydroxyl groups is 1. The van der Waals surface area contributed by atoms with Crippen LogP contribution in [-0.2, 0) is 19.7 Å². The molecule has 0 aromatic heterocycles. The van der Waals surface area contributed by atoms with E-state index in [-0.39, 0.29) is 29.5 Å². The van der Waals surface area contributed by atoms with E-state index in [0.717, 1.165) is 30.5 Å². The monoisotopic (exact) mass is 416 g/mol. The molecular formula is C24H34NO5+. The molecule has 6 nitrogen and oxygen atoms in total. The molecule has 2 fully saturated rings. The Morgan fingerprint density at radius 2 is 2.07 bits per heavy atom. The SMILES string of the molecule is Cc1ccc(O)c2c1[C@]13CC[N@@+](C)(COC(=O)C(C)(C)C)C(C)[C@@H]1CCC(=O)[C@@H]3O2. The maximum atomic E-state index is 12.9. The number of hydrogen-bond acceptors (Lipinski definition) is 5. The van der Waals surface area contributed by atoms with E-state index in [9.17, 15) is 14.7 Å². The number of likely N-dealkylation sites (tertiary alicyclic amines) is 1. The number of esters is 1. The van der Waals surface area contributed by atoms with Gasteiger partial charge >= 0.3 is 5.97 Å². The van der Waals surface area contributed by atoms with Gasteiger partial charge in [-0.25, -0.2) is 0 Å². The van der Waals surface area contributed by atoms with E-state index in [2.05, 4.69) is 14.0 Å². The minimum atomic E-state index is -0.536. The molecule has 0 bridgehead atoms. The van der Waals surface area contributed by atoms with E-state index in [1.807, 2.05) is 33.8 Å². The second-order valence-electron chi connectivity index (χ2n) is 10.8. The number of aryl methyl sites for hydroxylation is 1. The molecule has 1 spiro atoms. The molecule has 1 unspecified atom stereocenters. The number of phenols is 1. The predicted octanol–water partition coefficient (Wildman–Crippen LogP) is 3.46. The minimum Gasteiger partial charge on any atom is -0.504 e. The highest BCUT2D eigenvalue weighted by Crippen LogP contribution is 2.60. The van der Waals surface area contributed by atoms with E-state index in [1.165, 1.54) is 0 Å². The molecule has 2 aliphatic heterocycles. The van der Waals surface area contributed by atoms with Crippen molar-refractivity contribution < 1.29 is 28.7 Å². The number of carbonyl (C=O) groups excluding carboxylic acids is 2. The molecule has 0 amide bonds. The summed E-state index contributed by atoms with van der Waals surface area (Å²) in [7, 11) is 2.14. The highest BCUT2D eigenvalue weighted by molar-refractivity contribution is 5.88. The van der Waals surface area contributed by atoms with Crippen LogP contribution >= 0.6 is 0 Å². The summed E-state index contributed by atoms with van der Waals surface area (Å²) >= 11 is 0. The number of ether oxygens (including phenoxy) is 2. The lowest BCUT2D eigenvalue weighted by Crippen LogP contribution is -2.69. The Hall–Kier alpha value is -2.08. The van der Waals surface area contributed by atoms with Gasteiger partial charge in [-0.05, 0) is 52.7 Å². The molecule has 3 aliphatic rings. The van der Waals surface area contributed by atoms with Crippen LogP contribution in [0.3, 0.4) is 0 Å². The van der Waals surface area contributed by atoms with Gasteiger partial charge in [-0.3, -0.25) is 14.1 Å². The Balaban J connectivity index is 1.71. The summed E-state index contributed by atoms with van der Waals surface area (Å²) in [5, 5.41) is 10.5. The lowest BCUT2D eigenvalue weighted by atomic mass is 9.55. The van der Waals surface area contributed by atoms with E-state index < -0.39 is 16.9 Å². The summed E-state index contributed by atoms with van der Waals surface area (Å²) in [5.41, 5.74) is 1.12. The topological polar surface area (TPSA) is 72.8 Å². The molecule has 1 saturated carbocycles. The normalized spacial score (nSPS) is 35.1. The maximum Gasteiger partial charge on any atom is 0.315 e. The van der Waals surface area contributed by atoms with Crippen LogP contribution in [0.1, 0.15) is 58.1 Å². The first kappa shape index (κ1) is 21.2. The van der Waals surface area contributed by atoms with E-state index in [1.54, 1.807) is 6.07 Å². The van der Waals surface area contributed by atoms with Crippen LogP contribution in [0, 0.1) is 18.3 Å². The number of fused-ring (bicyclic) bond motifs is 1. The molecule has 5 atom stereocenters. The van der Waals surface area contributed by atoms with Gasteiger partial charge in [0.25, 0.3) is 0 Å². The second kappa shape index (κ2) is 6.71. The zero-order valence-corrected chi connectivity index (χ0v) is 18.9. The van der Waals surface area contributed by atoms with Crippen molar-refractivity contribution in [1.82, 2.24) is 0 Å². The Kier molecular flexibility index (Phi) is 4.73. The molecule has 30 heavy (non-hydrogen) atoms. The summed E-state index contributed by atoms with van der Waals surface area (Å²) in [6, 6.07) is 3.75. The van der Waals surface area contributed by atoms with Crippen LogP contribution in [0.25, 0.3) is 0 Å². The average Bonchev–Trinajstić information content (AvgIpc) is 3.04. The van der Waals surface area contributed by atoms with Crippen LogP contribution in [-0.4, -0.2) is 53.8 Å². The van der Waals surface area contributed by atoms with Gasteiger partial charge in [0.15, 0.2) is 23.4 Å². The van der Waals surface area contributed by atoms with Crippen molar-refractivity contribution in [3.8, 4) is 11.5 Å².